The fourth-order valence-corrected chi connectivity index (χ4v) is 2.09. The zero-order valence-corrected chi connectivity index (χ0v) is 11.6. The molecule has 1 aromatic heterocycles. The van der Waals surface area contributed by atoms with Crippen molar-refractivity contribution in [2.24, 2.45) is 5.73 Å². The minimum absolute atomic E-state index is 0.689. The van der Waals surface area contributed by atoms with Gasteiger partial charge in [-0.2, -0.15) is 0 Å². The molecule has 0 unspecified atom stereocenters. The van der Waals surface area contributed by atoms with E-state index in [1.54, 1.807) is 0 Å². The van der Waals surface area contributed by atoms with Crippen molar-refractivity contribution in [1.82, 2.24) is 4.98 Å². The van der Waals surface area contributed by atoms with Crippen molar-refractivity contribution in [3.63, 3.8) is 0 Å². The largest absolute Gasteiger partial charge is 0.330 e. The first-order valence-electron chi connectivity index (χ1n) is 6.67. The molecular formula is C16H21N3. The van der Waals surface area contributed by atoms with Crippen LogP contribution in [0.15, 0.2) is 42.6 Å². The second-order valence-corrected chi connectivity index (χ2v) is 4.82. The van der Waals surface area contributed by atoms with Crippen molar-refractivity contribution in [3.8, 4) is 0 Å². The fourth-order valence-electron chi connectivity index (χ4n) is 2.09. The van der Waals surface area contributed by atoms with Gasteiger partial charge in [0, 0.05) is 18.4 Å². The third-order valence-electron chi connectivity index (χ3n) is 3.08. The van der Waals surface area contributed by atoms with Gasteiger partial charge in [0.1, 0.15) is 5.82 Å². The Kier molecular flexibility index (Phi) is 4.53. The van der Waals surface area contributed by atoms with Gasteiger partial charge in [0.2, 0.25) is 0 Å². The molecule has 0 bridgehead atoms. The van der Waals surface area contributed by atoms with Crippen LogP contribution < -0.4 is 10.6 Å². The molecule has 0 saturated heterocycles. The summed E-state index contributed by atoms with van der Waals surface area (Å²) in [6.07, 6.45) is 2.81. The Labute approximate surface area is 115 Å². The normalized spacial score (nSPS) is 10.5. The van der Waals surface area contributed by atoms with Gasteiger partial charge >= 0.3 is 0 Å². The summed E-state index contributed by atoms with van der Waals surface area (Å²) in [6.45, 7) is 5.77. The molecule has 0 aliphatic heterocycles. The first-order valence-corrected chi connectivity index (χ1v) is 6.67. The molecule has 0 amide bonds. The predicted octanol–water partition coefficient (Wildman–Crippen LogP) is 3.19. The zero-order chi connectivity index (χ0) is 13.7. The summed E-state index contributed by atoms with van der Waals surface area (Å²) in [5, 5.41) is 0. The second-order valence-electron chi connectivity index (χ2n) is 4.82. The highest BCUT2D eigenvalue weighted by molar-refractivity contribution is 5.61. The number of aromatic nitrogens is 1. The number of nitrogens with zero attached hydrogens (tertiary/aromatic N) is 2. The Hall–Kier alpha value is -1.87. The van der Waals surface area contributed by atoms with Crippen LogP contribution in [0.4, 0.5) is 11.5 Å². The van der Waals surface area contributed by atoms with Crippen LogP contribution in [0.5, 0.6) is 0 Å². The van der Waals surface area contributed by atoms with E-state index in [-0.39, 0.29) is 0 Å². The first kappa shape index (κ1) is 13.6. The average Bonchev–Trinajstić information content (AvgIpc) is 2.39. The Morgan fingerprint density at radius 3 is 2.58 bits per heavy atom. The molecule has 2 N–H and O–H groups in total. The molecule has 1 aromatic carbocycles. The van der Waals surface area contributed by atoms with E-state index in [9.17, 15) is 0 Å². The molecule has 0 radical (unpaired) electrons. The Morgan fingerprint density at radius 1 is 1.11 bits per heavy atom. The number of hydrogen-bond acceptors (Lipinski definition) is 3. The number of rotatable bonds is 5. The maximum absolute atomic E-state index is 5.65. The van der Waals surface area contributed by atoms with Crippen molar-refractivity contribution in [2.45, 2.75) is 20.3 Å². The number of nitrogens with two attached hydrogens (primary N) is 1. The van der Waals surface area contributed by atoms with Gasteiger partial charge in [-0.05, 0) is 62.2 Å². The lowest BCUT2D eigenvalue weighted by atomic mass is 10.2. The molecule has 2 rings (SSSR count). The molecule has 3 nitrogen and oxygen atoms in total. The van der Waals surface area contributed by atoms with Crippen molar-refractivity contribution in [3.05, 3.63) is 53.7 Å². The van der Waals surface area contributed by atoms with Crippen LogP contribution in [-0.2, 0) is 0 Å². The predicted molar refractivity (Wildman–Crippen MR) is 80.8 cm³/mol. The van der Waals surface area contributed by atoms with E-state index in [4.69, 9.17) is 5.73 Å². The van der Waals surface area contributed by atoms with E-state index >= 15 is 0 Å². The third-order valence-corrected chi connectivity index (χ3v) is 3.08. The molecule has 0 saturated carbocycles. The summed E-state index contributed by atoms with van der Waals surface area (Å²) in [4.78, 5) is 6.71. The second kappa shape index (κ2) is 6.34. The zero-order valence-electron chi connectivity index (χ0n) is 11.6. The minimum atomic E-state index is 0.689. The summed E-state index contributed by atoms with van der Waals surface area (Å²) in [5.74, 6) is 0.985. The number of hydrogen-bond donors (Lipinski definition) is 1. The molecule has 0 atom stereocenters. The van der Waals surface area contributed by atoms with Gasteiger partial charge in [-0.1, -0.05) is 12.1 Å². The molecule has 0 spiro atoms. The standard InChI is InChI=1S/C16H21N3/c1-13-5-3-6-15(11-13)19(10-4-8-17)16-12-14(2)7-9-18-16/h3,5-7,9,11-12H,4,8,10,17H2,1-2H3. The smallest absolute Gasteiger partial charge is 0.133 e. The van der Waals surface area contributed by atoms with Gasteiger partial charge in [-0.15, -0.1) is 0 Å². The van der Waals surface area contributed by atoms with Crippen molar-refractivity contribution < 1.29 is 0 Å². The van der Waals surface area contributed by atoms with Crippen LogP contribution in [0.2, 0.25) is 0 Å². The molecular weight excluding hydrogens is 234 g/mol. The van der Waals surface area contributed by atoms with Crippen LogP contribution in [-0.4, -0.2) is 18.1 Å². The number of benzene rings is 1. The molecule has 1 heterocycles. The number of pyridine rings is 1. The maximum Gasteiger partial charge on any atom is 0.133 e. The first-order chi connectivity index (χ1) is 9.20. The van der Waals surface area contributed by atoms with Crippen LogP contribution >= 0.6 is 0 Å². The van der Waals surface area contributed by atoms with Crippen LogP contribution in [0, 0.1) is 13.8 Å². The summed E-state index contributed by atoms with van der Waals surface area (Å²) in [6, 6.07) is 12.6. The molecule has 0 fully saturated rings. The van der Waals surface area contributed by atoms with Gasteiger partial charge in [0.05, 0.1) is 0 Å². The lowest BCUT2D eigenvalue weighted by molar-refractivity contribution is 0.809. The van der Waals surface area contributed by atoms with E-state index in [0.717, 1.165) is 18.8 Å². The van der Waals surface area contributed by atoms with Gasteiger partial charge in [0.25, 0.3) is 0 Å². The SMILES string of the molecule is Cc1cccc(N(CCCN)c2cc(C)ccn2)c1. The molecule has 2 aromatic rings. The van der Waals surface area contributed by atoms with Crippen LogP contribution in [0.25, 0.3) is 0 Å². The van der Waals surface area contributed by atoms with E-state index in [1.165, 1.54) is 16.8 Å². The summed E-state index contributed by atoms with van der Waals surface area (Å²) in [5.41, 5.74) is 9.29. The monoisotopic (exact) mass is 255 g/mol. The van der Waals surface area contributed by atoms with Crippen LogP contribution in [0.1, 0.15) is 17.5 Å². The molecule has 0 aliphatic rings. The Balaban J connectivity index is 2.35. The highest BCUT2D eigenvalue weighted by atomic mass is 15.2. The summed E-state index contributed by atoms with van der Waals surface area (Å²) < 4.78 is 0. The van der Waals surface area contributed by atoms with Crippen molar-refractivity contribution >= 4 is 11.5 Å². The van der Waals surface area contributed by atoms with Gasteiger partial charge in [-0.3, -0.25) is 0 Å². The maximum atomic E-state index is 5.65. The quantitative estimate of drug-likeness (QED) is 0.892. The molecule has 19 heavy (non-hydrogen) atoms. The van der Waals surface area contributed by atoms with Crippen molar-refractivity contribution in [1.29, 1.82) is 0 Å². The van der Waals surface area contributed by atoms with Gasteiger partial charge < -0.3 is 10.6 Å². The molecule has 0 aliphatic carbocycles. The van der Waals surface area contributed by atoms with E-state index in [1.807, 2.05) is 12.3 Å². The highest BCUT2D eigenvalue weighted by Gasteiger charge is 2.10. The Bertz CT molecular complexity index is 492. The average molecular weight is 255 g/mol. The van der Waals surface area contributed by atoms with E-state index in [0.29, 0.717) is 6.54 Å². The van der Waals surface area contributed by atoms with Crippen molar-refractivity contribution in [2.75, 3.05) is 18.0 Å². The summed E-state index contributed by atoms with van der Waals surface area (Å²) in [7, 11) is 0. The van der Waals surface area contributed by atoms with Gasteiger partial charge in [-0.25, -0.2) is 4.98 Å². The number of anilines is 2. The lowest BCUT2D eigenvalue weighted by Gasteiger charge is -2.24. The minimum Gasteiger partial charge on any atom is -0.330 e. The topological polar surface area (TPSA) is 42.1 Å². The number of aryl methyl sites for hydroxylation is 2. The van der Waals surface area contributed by atoms with Gasteiger partial charge in [0.15, 0.2) is 0 Å². The molecule has 3 heteroatoms. The summed E-state index contributed by atoms with van der Waals surface area (Å²) >= 11 is 0. The highest BCUT2D eigenvalue weighted by Crippen LogP contribution is 2.25. The van der Waals surface area contributed by atoms with Crippen LogP contribution in [0.3, 0.4) is 0 Å². The lowest BCUT2D eigenvalue weighted by Crippen LogP contribution is -2.22. The fraction of sp³-hybridized carbons (Fsp3) is 0.312. The Morgan fingerprint density at radius 2 is 1.89 bits per heavy atom. The third kappa shape index (κ3) is 3.55. The molecule has 100 valence electrons. The van der Waals surface area contributed by atoms with E-state index < -0.39 is 0 Å². The van der Waals surface area contributed by atoms with E-state index in [2.05, 4.69) is 54.1 Å².